The summed E-state index contributed by atoms with van der Waals surface area (Å²) in [7, 11) is 0. The smallest absolute Gasteiger partial charge is 0.275 e. The van der Waals surface area contributed by atoms with Gasteiger partial charge in [0.05, 0.1) is 5.69 Å². The van der Waals surface area contributed by atoms with Gasteiger partial charge in [0.15, 0.2) is 0 Å². The second-order valence-electron chi connectivity index (χ2n) is 6.81. The molecule has 0 aromatic carbocycles. The molecule has 3 aromatic heterocycles. The monoisotopic (exact) mass is 372 g/mol. The lowest BCUT2D eigenvalue weighted by atomic mass is 9.99. The van der Waals surface area contributed by atoms with Crippen LogP contribution in [0.4, 0.5) is 0 Å². The molecule has 0 radical (unpaired) electrons. The van der Waals surface area contributed by atoms with Gasteiger partial charge in [0.2, 0.25) is 4.96 Å². The van der Waals surface area contributed by atoms with Gasteiger partial charge in [0, 0.05) is 37.6 Å². The van der Waals surface area contributed by atoms with Gasteiger partial charge in [-0.1, -0.05) is 24.7 Å². The molecule has 8 heteroatoms. The second kappa shape index (κ2) is 7.67. The molecule has 0 bridgehead atoms. The number of piperidine rings is 1. The Morgan fingerprint density at radius 1 is 1.35 bits per heavy atom. The highest BCUT2D eigenvalue weighted by Gasteiger charge is 2.23. The van der Waals surface area contributed by atoms with Gasteiger partial charge in [0.1, 0.15) is 5.01 Å². The van der Waals surface area contributed by atoms with Gasteiger partial charge in [-0.25, -0.2) is 4.98 Å². The minimum Gasteiger partial charge on any atom is -0.294 e. The van der Waals surface area contributed by atoms with Gasteiger partial charge in [-0.2, -0.15) is 14.7 Å². The molecule has 26 heavy (non-hydrogen) atoms. The largest absolute Gasteiger partial charge is 0.294 e. The van der Waals surface area contributed by atoms with Crippen molar-refractivity contribution < 1.29 is 0 Å². The minimum absolute atomic E-state index is 0.0777. The fourth-order valence-electron chi connectivity index (χ4n) is 3.64. The first kappa shape index (κ1) is 17.4. The number of aromatic nitrogens is 5. The van der Waals surface area contributed by atoms with Crippen LogP contribution in [0.5, 0.6) is 0 Å². The Kier molecular flexibility index (Phi) is 5.12. The average molecular weight is 372 g/mol. The van der Waals surface area contributed by atoms with Crippen LogP contribution in [0.25, 0.3) is 4.96 Å². The van der Waals surface area contributed by atoms with E-state index in [-0.39, 0.29) is 5.56 Å². The maximum Gasteiger partial charge on any atom is 0.275 e. The van der Waals surface area contributed by atoms with Crippen LogP contribution >= 0.6 is 11.3 Å². The fraction of sp³-hybridized carbons (Fsp3) is 0.556. The Bertz CT molecular complexity index is 916. The Labute approximate surface area is 156 Å². The zero-order valence-corrected chi connectivity index (χ0v) is 15.9. The van der Waals surface area contributed by atoms with Crippen molar-refractivity contribution in [3.05, 3.63) is 45.6 Å². The van der Waals surface area contributed by atoms with E-state index >= 15 is 0 Å². The van der Waals surface area contributed by atoms with Crippen LogP contribution in [0.2, 0.25) is 0 Å². The molecule has 1 fully saturated rings. The minimum atomic E-state index is -0.0777. The van der Waals surface area contributed by atoms with E-state index in [1.54, 1.807) is 6.07 Å². The number of rotatable bonds is 6. The predicted octanol–water partition coefficient (Wildman–Crippen LogP) is 2.35. The van der Waals surface area contributed by atoms with Gasteiger partial charge in [-0.05, 0) is 38.3 Å². The van der Waals surface area contributed by atoms with Gasteiger partial charge in [-0.3, -0.25) is 14.4 Å². The van der Waals surface area contributed by atoms with Crippen LogP contribution in [-0.2, 0) is 19.5 Å². The third-order valence-corrected chi connectivity index (χ3v) is 6.06. The Balaban J connectivity index is 1.50. The topological polar surface area (TPSA) is 68.3 Å². The van der Waals surface area contributed by atoms with Crippen molar-refractivity contribution in [2.45, 2.75) is 58.2 Å². The number of aryl methyl sites for hydroxylation is 2. The van der Waals surface area contributed by atoms with Crippen LogP contribution < -0.4 is 5.56 Å². The number of fused-ring (bicyclic) bond motifs is 1. The van der Waals surface area contributed by atoms with Gasteiger partial charge in [0.25, 0.3) is 5.56 Å². The molecule has 1 atom stereocenters. The van der Waals surface area contributed by atoms with Crippen LogP contribution in [0.15, 0.2) is 29.3 Å². The molecule has 7 nitrogen and oxygen atoms in total. The summed E-state index contributed by atoms with van der Waals surface area (Å²) in [5.41, 5.74) is 0.776. The molecule has 1 aliphatic rings. The number of hydrogen-bond acceptors (Lipinski definition) is 6. The predicted molar refractivity (Wildman–Crippen MR) is 101 cm³/mol. The van der Waals surface area contributed by atoms with E-state index < -0.39 is 0 Å². The highest BCUT2D eigenvalue weighted by Crippen LogP contribution is 2.22. The number of likely N-dealkylation sites (tertiary alicyclic amines) is 1. The van der Waals surface area contributed by atoms with Crippen LogP contribution in [0, 0.1) is 0 Å². The van der Waals surface area contributed by atoms with E-state index in [1.165, 1.54) is 35.1 Å². The molecule has 0 aliphatic carbocycles. The van der Waals surface area contributed by atoms with E-state index in [1.807, 2.05) is 30.1 Å². The third-order valence-electron chi connectivity index (χ3n) is 5.01. The molecule has 4 heterocycles. The summed E-state index contributed by atoms with van der Waals surface area (Å²) >= 11 is 1.51. The first-order valence-electron chi connectivity index (χ1n) is 9.33. The molecule has 4 rings (SSSR count). The highest BCUT2D eigenvalue weighted by atomic mass is 32.1. The first-order chi connectivity index (χ1) is 12.7. The van der Waals surface area contributed by atoms with Crippen molar-refractivity contribution >= 4 is 16.3 Å². The lowest BCUT2D eigenvalue weighted by Crippen LogP contribution is -2.40. The van der Waals surface area contributed by atoms with Gasteiger partial charge in [-0.15, -0.1) is 0 Å². The molecule has 1 saturated heterocycles. The van der Waals surface area contributed by atoms with E-state index in [9.17, 15) is 4.79 Å². The van der Waals surface area contributed by atoms with Crippen LogP contribution in [0.1, 0.15) is 43.3 Å². The first-order valence-corrected chi connectivity index (χ1v) is 10.1. The van der Waals surface area contributed by atoms with Crippen molar-refractivity contribution in [1.29, 1.82) is 0 Å². The van der Waals surface area contributed by atoms with Crippen molar-refractivity contribution in [2.24, 2.45) is 0 Å². The maximum atomic E-state index is 12.4. The third kappa shape index (κ3) is 3.71. The Morgan fingerprint density at radius 3 is 3.08 bits per heavy atom. The molecule has 0 amide bonds. The van der Waals surface area contributed by atoms with Crippen molar-refractivity contribution in [3.8, 4) is 0 Å². The summed E-state index contributed by atoms with van der Waals surface area (Å²) < 4.78 is 3.42. The van der Waals surface area contributed by atoms with E-state index in [2.05, 4.69) is 15.1 Å². The Hall–Kier alpha value is -2.06. The van der Waals surface area contributed by atoms with Crippen LogP contribution in [-0.4, -0.2) is 41.9 Å². The summed E-state index contributed by atoms with van der Waals surface area (Å²) in [6.45, 7) is 4.77. The molecule has 0 saturated carbocycles. The zero-order valence-electron chi connectivity index (χ0n) is 15.0. The lowest BCUT2D eigenvalue weighted by Gasteiger charge is -2.35. The highest BCUT2D eigenvalue weighted by molar-refractivity contribution is 7.16. The standard InChI is InChI=1S/C18H24N6OS/c1-2-16-21-24-17(25)12-14(20-18(24)26-16)13-22-9-4-3-6-15(22)7-11-23-10-5-8-19-23/h5,8,10,12,15H,2-4,6-7,9,11,13H2,1H3/t15-/m1/s1. The molecule has 138 valence electrons. The fourth-order valence-corrected chi connectivity index (χ4v) is 4.49. The van der Waals surface area contributed by atoms with Gasteiger partial charge < -0.3 is 0 Å². The van der Waals surface area contributed by atoms with E-state index in [4.69, 9.17) is 4.98 Å². The number of hydrogen-bond donors (Lipinski definition) is 0. The summed E-state index contributed by atoms with van der Waals surface area (Å²) in [5, 5.41) is 9.58. The van der Waals surface area contributed by atoms with Crippen LogP contribution in [0.3, 0.4) is 0 Å². The average Bonchev–Trinajstić information content (AvgIpc) is 3.30. The summed E-state index contributed by atoms with van der Waals surface area (Å²) in [6.07, 6.45) is 9.41. The molecule has 1 aliphatic heterocycles. The molecule has 3 aromatic rings. The maximum absolute atomic E-state index is 12.4. The van der Waals surface area contributed by atoms with Crippen molar-refractivity contribution in [1.82, 2.24) is 29.3 Å². The summed E-state index contributed by atoms with van der Waals surface area (Å²) in [6, 6.07) is 4.12. The van der Waals surface area contributed by atoms with Gasteiger partial charge >= 0.3 is 0 Å². The Morgan fingerprint density at radius 2 is 2.27 bits per heavy atom. The zero-order chi connectivity index (χ0) is 17.9. The molecule has 0 N–H and O–H groups in total. The second-order valence-corrected chi connectivity index (χ2v) is 7.85. The molecule has 0 spiro atoms. The van der Waals surface area contributed by atoms with Crippen molar-refractivity contribution in [2.75, 3.05) is 6.54 Å². The normalized spacial score (nSPS) is 18.6. The SMILES string of the molecule is CCc1nn2c(=O)cc(CN3CCCC[C@@H]3CCn3cccn3)nc2s1. The molecular formula is C18H24N6OS. The van der Waals surface area contributed by atoms with Crippen molar-refractivity contribution in [3.63, 3.8) is 0 Å². The lowest BCUT2D eigenvalue weighted by molar-refractivity contribution is 0.126. The number of nitrogens with zero attached hydrogens (tertiary/aromatic N) is 6. The van der Waals surface area contributed by atoms with E-state index in [0.717, 1.165) is 43.2 Å². The molecular weight excluding hydrogens is 348 g/mol. The quantitative estimate of drug-likeness (QED) is 0.664. The molecule has 0 unspecified atom stereocenters. The summed E-state index contributed by atoms with van der Waals surface area (Å²) in [4.78, 5) is 20.3. The summed E-state index contributed by atoms with van der Waals surface area (Å²) in [5.74, 6) is 0. The van der Waals surface area contributed by atoms with E-state index in [0.29, 0.717) is 11.0 Å².